The maximum atomic E-state index is 12.2. The molecule has 1 N–H and O–H groups in total. The Bertz CT molecular complexity index is 657. The monoisotopic (exact) mass is 296 g/mol. The summed E-state index contributed by atoms with van der Waals surface area (Å²) in [5, 5.41) is 3.37. The number of nitrogens with zero attached hydrogens (tertiary/aromatic N) is 1. The first-order valence-corrected chi connectivity index (χ1v) is 7.93. The van der Waals surface area contributed by atoms with Crippen molar-refractivity contribution in [2.45, 2.75) is 47.0 Å². The van der Waals surface area contributed by atoms with E-state index in [9.17, 15) is 4.79 Å². The number of carbonyl (C=O) groups excluding carboxylic acids is 1. The number of hydrogen-bond acceptors (Lipinski definition) is 3. The summed E-state index contributed by atoms with van der Waals surface area (Å²) in [6.45, 7) is 8.13. The van der Waals surface area contributed by atoms with Gasteiger partial charge in [-0.1, -0.05) is 44.5 Å². The van der Waals surface area contributed by atoms with E-state index in [4.69, 9.17) is 0 Å². The van der Waals surface area contributed by atoms with Gasteiger partial charge in [0.2, 0.25) is 0 Å². The molecule has 0 amide bonds. The predicted molar refractivity (Wildman–Crippen MR) is 92.1 cm³/mol. The van der Waals surface area contributed by atoms with E-state index >= 15 is 0 Å². The van der Waals surface area contributed by atoms with Crippen LogP contribution in [0.1, 0.15) is 53.9 Å². The van der Waals surface area contributed by atoms with Crippen LogP contribution in [-0.2, 0) is 6.42 Å². The molecule has 2 aromatic rings. The molecule has 0 saturated carbocycles. The Labute approximate surface area is 132 Å². The minimum absolute atomic E-state index is 0.105. The number of ketones is 1. The maximum Gasteiger partial charge on any atom is 0.181 e. The van der Waals surface area contributed by atoms with E-state index in [0.29, 0.717) is 12.1 Å². The van der Waals surface area contributed by atoms with Gasteiger partial charge in [0.1, 0.15) is 11.5 Å². The van der Waals surface area contributed by atoms with Gasteiger partial charge in [-0.25, -0.2) is 4.98 Å². The molecule has 0 fully saturated rings. The fourth-order valence-corrected chi connectivity index (χ4v) is 2.58. The Morgan fingerprint density at radius 2 is 1.77 bits per heavy atom. The molecule has 0 atom stereocenters. The quantitative estimate of drug-likeness (QED) is 0.764. The molecule has 0 aliphatic heterocycles. The van der Waals surface area contributed by atoms with E-state index in [1.165, 1.54) is 11.1 Å². The van der Waals surface area contributed by atoms with Crippen LogP contribution in [0.5, 0.6) is 0 Å². The van der Waals surface area contributed by atoms with Gasteiger partial charge in [0.25, 0.3) is 0 Å². The number of nitrogens with one attached hydrogen (secondary N) is 1. The lowest BCUT2D eigenvalue weighted by Crippen LogP contribution is -2.08. The van der Waals surface area contributed by atoms with Crippen molar-refractivity contribution in [3.63, 3.8) is 0 Å². The van der Waals surface area contributed by atoms with Crippen molar-refractivity contribution in [1.82, 2.24) is 4.98 Å². The third-order valence-corrected chi connectivity index (χ3v) is 3.82. The van der Waals surface area contributed by atoms with E-state index < -0.39 is 0 Å². The number of benzene rings is 1. The summed E-state index contributed by atoms with van der Waals surface area (Å²) in [4.78, 5) is 16.7. The molecule has 0 unspecified atom stereocenters. The third-order valence-electron chi connectivity index (χ3n) is 3.82. The third kappa shape index (κ3) is 3.53. The minimum Gasteiger partial charge on any atom is -0.340 e. The molecule has 3 nitrogen and oxygen atoms in total. The highest BCUT2D eigenvalue weighted by Gasteiger charge is 2.13. The van der Waals surface area contributed by atoms with Crippen LogP contribution >= 0.6 is 0 Å². The smallest absolute Gasteiger partial charge is 0.181 e. The lowest BCUT2D eigenvalue weighted by molar-refractivity contribution is 0.0982. The zero-order valence-electron chi connectivity index (χ0n) is 13.9. The van der Waals surface area contributed by atoms with Gasteiger partial charge in [0, 0.05) is 12.1 Å². The van der Waals surface area contributed by atoms with E-state index in [-0.39, 0.29) is 5.78 Å². The van der Waals surface area contributed by atoms with Crippen LogP contribution in [0.25, 0.3) is 0 Å². The number of Topliss-reactive ketones (excluding diaryl/α,β-unsaturated/α-hetero) is 1. The molecule has 0 spiro atoms. The largest absolute Gasteiger partial charge is 0.340 e. The second-order valence-corrected chi connectivity index (χ2v) is 5.62. The van der Waals surface area contributed by atoms with E-state index in [2.05, 4.69) is 43.2 Å². The summed E-state index contributed by atoms with van der Waals surface area (Å²) >= 11 is 0. The van der Waals surface area contributed by atoms with Crippen molar-refractivity contribution in [3.05, 3.63) is 52.7 Å². The van der Waals surface area contributed by atoms with Gasteiger partial charge in [0.05, 0.1) is 0 Å². The maximum absolute atomic E-state index is 12.2. The van der Waals surface area contributed by atoms with Gasteiger partial charge in [-0.15, -0.1) is 0 Å². The molecule has 0 aliphatic rings. The standard InChI is InChI=1S/C19H24N2O/c1-5-8-15-11-12-17(21-19(15)16(22)6-2)20-18-13(3)9-7-10-14(18)4/h7,9-12H,5-6,8H2,1-4H3,(H,20,21). The van der Waals surface area contributed by atoms with Gasteiger partial charge >= 0.3 is 0 Å². The molecule has 0 radical (unpaired) electrons. The highest BCUT2D eigenvalue weighted by Crippen LogP contribution is 2.24. The Morgan fingerprint density at radius 1 is 1.09 bits per heavy atom. The molecule has 1 aromatic carbocycles. The van der Waals surface area contributed by atoms with Crippen LogP contribution in [0.2, 0.25) is 0 Å². The van der Waals surface area contributed by atoms with Crippen LogP contribution in [0.3, 0.4) is 0 Å². The van der Waals surface area contributed by atoms with Crippen LogP contribution in [-0.4, -0.2) is 10.8 Å². The molecular formula is C19H24N2O. The van der Waals surface area contributed by atoms with Gasteiger partial charge in [-0.2, -0.15) is 0 Å². The Kier molecular flexibility index (Phi) is 5.31. The molecule has 3 heteroatoms. The number of carbonyl (C=O) groups is 1. The van der Waals surface area contributed by atoms with Crippen LogP contribution < -0.4 is 5.32 Å². The topological polar surface area (TPSA) is 42.0 Å². The molecule has 1 heterocycles. The summed E-state index contributed by atoms with van der Waals surface area (Å²) in [7, 11) is 0. The van der Waals surface area contributed by atoms with Crippen molar-refractivity contribution in [1.29, 1.82) is 0 Å². The average Bonchev–Trinajstić information content (AvgIpc) is 2.52. The Hall–Kier alpha value is -2.16. The van der Waals surface area contributed by atoms with Gasteiger partial charge in [0.15, 0.2) is 5.78 Å². The molecule has 0 aliphatic carbocycles. The number of aromatic nitrogens is 1. The zero-order valence-corrected chi connectivity index (χ0v) is 13.9. The minimum atomic E-state index is 0.105. The molecule has 116 valence electrons. The Balaban J connectivity index is 2.38. The molecule has 22 heavy (non-hydrogen) atoms. The number of aryl methyl sites for hydroxylation is 3. The molecule has 1 aromatic heterocycles. The Morgan fingerprint density at radius 3 is 2.36 bits per heavy atom. The lowest BCUT2D eigenvalue weighted by atomic mass is 10.0. The van der Waals surface area contributed by atoms with Crippen molar-refractivity contribution < 1.29 is 4.79 Å². The van der Waals surface area contributed by atoms with Crippen molar-refractivity contribution >= 4 is 17.3 Å². The van der Waals surface area contributed by atoms with E-state index in [1.807, 2.05) is 25.1 Å². The summed E-state index contributed by atoms with van der Waals surface area (Å²) in [6.07, 6.45) is 2.38. The molecule has 0 saturated heterocycles. The van der Waals surface area contributed by atoms with Gasteiger partial charge < -0.3 is 5.32 Å². The highest BCUT2D eigenvalue weighted by atomic mass is 16.1. The fourth-order valence-electron chi connectivity index (χ4n) is 2.58. The summed E-state index contributed by atoms with van der Waals surface area (Å²) in [5.41, 5.74) is 5.06. The highest BCUT2D eigenvalue weighted by molar-refractivity contribution is 5.95. The number of pyridine rings is 1. The second kappa shape index (κ2) is 7.21. The number of anilines is 2. The summed E-state index contributed by atoms with van der Waals surface area (Å²) < 4.78 is 0. The first kappa shape index (κ1) is 16.2. The first-order valence-electron chi connectivity index (χ1n) is 7.93. The summed E-state index contributed by atoms with van der Waals surface area (Å²) in [6, 6.07) is 10.2. The number of rotatable bonds is 6. The second-order valence-electron chi connectivity index (χ2n) is 5.62. The number of para-hydroxylation sites is 1. The van der Waals surface area contributed by atoms with Crippen molar-refractivity contribution in [3.8, 4) is 0 Å². The van der Waals surface area contributed by atoms with Crippen LogP contribution in [0.15, 0.2) is 30.3 Å². The predicted octanol–water partition coefficient (Wildman–Crippen LogP) is 4.99. The van der Waals surface area contributed by atoms with Crippen molar-refractivity contribution in [2.75, 3.05) is 5.32 Å². The first-order chi connectivity index (χ1) is 10.6. The van der Waals surface area contributed by atoms with Gasteiger partial charge in [-0.05, 0) is 43.0 Å². The lowest BCUT2D eigenvalue weighted by Gasteiger charge is -2.14. The van der Waals surface area contributed by atoms with E-state index in [1.54, 1.807) is 0 Å². The average molecular weight is 296 g/mol. The SMILES string of the molecule is CCCc1ccc(Nc2c(C)cccc2C)nc1C(=O)CC. The van der Waals surface area contributed by atoms with Crippen LogP contribution in [0, 0.1) is 13.8 Å². The zero-order chi connectivity index (χ0) is 16.1. The molecule has 0 bridgehead atoms. The molecular weight excluding hydrogens is 272 g/mol. The molecule has 2 rings (SSSR count). The normalized spacial score (nSPS) is 10.5. The summed E-state index contributed by atoms with van der Waals surface area (Å²) in [5.74, 6) is 0.836. The fraction of sp³-hybridized carbons (Fsp3) is 0.368. The number of hydrogen-bond donors (Lipinski definition) is 1. The van der Waals surface area contributed by atoms with Crippen molar-refractivity contribution in [2.24, 2.45) is 0 Å². The van der Waals surface area contributed by atoms with Gasteiger partial charge in [-0.3, -0.25) is 4.79 Å². The van der Waals surface area contributed by atoms with E-state index in [0.717, 1.165) is 29.9 Å². The van der Waals surface area contributed by atoms with Crippen LogP contribution in [0.4, 0.5) is 11.5 Å².